The summed E-state index contributed by atoms with van der Waals surface area (Å²) in [6.45, 7) is 9.06. The third-order valence-electron chi connectivity index (χ3n) is 13.0. The Morgan fingerprint density at radius 1 is 0.302 bits per heavy atom. The molecule has 0 heterocycles. The molecule has 6 nitrogen and oxygen atoms in total. The van der Waals surface area contributed by atoms with E-state index in [0.29, 0.717) is 19.3 Å². The van der Waals surface area contributed by atoms with Crippen molar-refractivity contribution in [3.05, 3.63) is 0 Å². The Morgan fingerprint density at radius 2 is 0.524 bits per heavy atom. The van der Waals surface area contributed by atoms with E-state index >= 15 is 0 Å². The van der Waals surface area contributed by atoms with E-state index in [4.69, 9.17) is 14.2 Å². The first-order valence-corrected chi connectivity index (χ1v) is 28.4. The van der Waals surface area contributed by atoms with E-state index in [-0.39, 0.29) is 31.1 Å². The molecule has 0 aromatic rings. The third kappa shape index (κ3) is 51.3. The second-order valence-corrected chi connectivity index (χ2v) is 20.1. The van der Waals surface area contributed by atoms with Gasteiger partial charge in [-0.1, -0.05) is 285 Å². The Labute approximate surface area is 393 Å². The van der Waals surface area contributed by atoms with Gasteiger partial charge >= 0.3 is 17.9 Å². The topological polar surface area (TPSA) is 78.9 Å². The van der Waals surface area contributed by atoms with Crippen molar-refractivity contribution in [1.29, 1.82) is 0 Å². The zero-order valence-corrected chi connectivity index (χ0v) is 43.0. The van der Waals surface area contributed by atoms with Gasteiger partial charge in [-0.25, -0.2) is 0 Å². The summed E-state index contributed by atoms with van der Waals surface area (Å²) < 4.78 is 16.9. The van der Waals surface area contributed by atoms with Gasteiger partial charge in [0.2, 0.25) is 0 Å². The quantitative estimate of drug-likeness (QED) is 0.0344. The minimum atomic E-state index is -0.761. The smallest absolute Gasteiger partial charge is 0.306 e. The first kappa shape index (κ1) is 61.4. The molecule has 0 fully saturated rings. The lowest BCUT2D eigenvalue weighted by atomic mass is 10.0. The zero-order chi connectivity index (χ0) is 45.9. The van der Waals surface area contributed by atoms with Crippen molar-refractivity contribution in [3.63, 3.8) is 0 Å². The van der Waals surface area contributed by atoms with Gasteiger partial charge in [0.15, 0.2) is 6.10 Å². The molecule has 0 aliphatic rings. The highest BCUT2D eigenvalue weighted by Gasteiger charge is 2.19. The van der Waals surface area contributed by atoms with Crippen LogP contribution in [0.2, 0.25) is 0 Å². The van der Waals surface area contributed by atoms with E-state index in [1.807, 2.05) is 0 Å². The van der Waals surface area contributed by atoms with E-state index in [2.05, 4.69) is 27.7 Å². The molecule has 63 heavy (non-hydrogen) atoms. The summed E-state index contributed by atoms with van der Waals surface area (Å²) in [5, 5.41) is 0. The molecule has 0 amide bonds. The molecule has 0 aliphatic heterocycles. The molecule has 0 aromatic heterocycles. The Kier molecular flexibility index (Phi) is 50.1. The molecule has 0 rings (SSSR count). The number of carbonyl (C=O) groups is 3. The lowest BCUT2D eigenvalue weighted by Crippen LogP contribution is -2.30. The molecule has 374 valence electrons. The second-order valence-electron chi connectivity index (χ2n) is 20.1. The van der Waals surface area contributed by atoms with Gasteiger partial charge < -0.3 is 14.2 Å². The van der Waals surface area contributed by atoms with Gasteiger partial charge in [0.25, 0.3) is 0 Å². The largest absolute Gasteiger partial charge is 0.462 e. The molecule has 0 saturated carbocycles. The van der Waals surface area contributed by atoms with Gasteiger partial charge in [-0.2, -0.15) is 0 Å². The Hall–Kier alpha value is -1.59. The van der Waals surface area contributed by atoms with E-state index in [1.165, 1.54) is 218 Å². The van der Waals surface area contributed by atoms with Crippen molar-refractivity contribution in [2.24, 2.45) is 5.92 Å². The Bertz CT molecular complexity index is 949. The lowest BCUT2D eigenvalue weighted by molar-refractivity contribution is -0.167. The fourth-order valence-electron chi connectivity index (χ4n) is 8.75. The molecule has 0 N–H and O–H groups in total. The van der Waals surface area contributed by atoms with Crippen LogP contribution >= 0.6 is 0 Å². The minimum Gasteiger partial charge on any atom is -0.462 e. The second kappa shape index (κ2) is 51.4. The lowest BCUT2D eigenvalue weighted by Gasteiger charge is -2.18. The van der Waals surface area contributed by atoms with Gasteiger partial charge in [-0.05, 0) is 25.2 Å². The minimum absolute atomic E-state index is 0.0619. The van der Waals surface area contributed by atoms with Gasteiger partial charge in [0.05, 0.1) is 0 Å². The van der Waals surface area contributed by atoms with Crippen molar-refractivity contribution in [2.45, 2.75) is 329 Å². The summed E-state index contributed by atoms with van der Waals surface area (Å²) in [7, 11) is 0. The van der Waals surface area contributed by atoms with Crippen LogP contribution in [-0.4, -0.2) is 37.2 Å². The fraction of sp³-hybridized carbons (Fsp3) is 0.947. The van der Waals surface area contributed by atoms with Crippen LogP contribution in [-0.2, 0) is 28.6 Å². The Balaban J connectivity index is 4.28. The van der Waals surface area contributed by atoms with Gasteiger partial charge in [0, 0.05) is 19.3 Å². The summed E-state index contributed by atoms with van der Waals surface area (Å²) in [6.07, 6.45) is 55.2. The number of esters is 3. The van der Waals surface area contributed by atoms with Crippen LogP contribution in [0.4, 0.5) is 0 Å². The average molecular weight is 892 g/mol. The zero-order valence-electron chi connectivity index (χ0n) is 43.0. The van der Waals surface area contributed by atoms with E-state index in [0.717, 1.165) is 63.7 Å². The van der Waals surface area contributed by atoms with Crippen LogP contribution in [0.5, 0.6) is 0 Å². The van der Waals surface area contributed by atoms with Crippen LogP contribution in [0.15, 0.2) is 0 Å². The number of rotatable bonds is 52. The molecule has 0 bridgehead atoms. The molecule has 1 atom stereocenters. The van der Waals surface area contributed by atoms with E-state index in [9.17, 15) is 14.4 Å². The van der Waals surface area contributed by atoms with E-state index < -0.39 is 6.10 Å². The van der Waals surface area contributed by atoms with Crippen molar-refractivity contribution >= 4 is 17.9 Å². The number of unbranched alkanes of at least 4 members (excludes halogenated alkanes) is 39. The van der Waals surface area contributed by atoms with Crippen molar-refractivity contribution in [2.75, 3.05) is 13.2 Å². The number of hydrogen-bond donors (Lipinski definition) is 0. The van der Waals surface area contributed by atoms with Crippen molar-refractivity contribution in [3.8, 4) is 0 Å². The molecule has 0 saturated heterocycles. The van der Waals surface area contributed by atoms with Crippen LogP contribution in [0, 0.1) is 5.92 Å². The maximum Gasteiger partial charge on any atom is 0.306 e. The maximum atomic E-state index is 12.8. The van der Waals surface area contributed by atoms with Crippen LogP contribution in [0.3, 0.4) is 0 Å². The van der Waals surface area contributed by atoms with Crippen molar-refractivity contribution < 1.29 is 28.6 Å². The average Bonchev–Trinajstić information content (AvgIpc) is 3.27. The molecular formula is C57H110O6. The third-order valence-corrected chi connectivity index (χ3v) is 13.0. The Morgan fingerprint density at radius 3 is 0.778 bits per heavy atom. The highest BCUT2D eigenvalue weighted by molar-refractivity contribution is 5.71. The highest BCUT2D eigenvalue weighted by atomic mass is 16.6. The summed E-state index contributed by atoms with van der Waals surface area (Å²) in [5.74, 6) is 0.00679. The first-order chi connectivity index (χ1) is 30.9. The summed E-state index contributed by atoms with van der Waals surface area (Å²) in [4.78, 5) is 38.1. The SMILES string of the molecule is CCCCCCCCCCCCCCCCCCC(=O)OC[C@H](COC(=O)CCCCCCCCCCCCCC)OC(=O)CCCCCCCCCCCCCCCCC(C)C. The van der Waals surface area contributed by atoms with Crippen LogP contribution < -0.4 is 0 Å². The monoisotopic (exact) mass is 891 g/mol. The van der Waals surface area contributed by atoms with Crippen LogP contribution in [0.25, 0.3) is 0 Å². The summed E-state index contributed by atoms with van der Waals surface area (Å²) in [5.41, 5.74) is 0. The number of carbonyl (C=O) groups excluding carboxylic acids is 3. The molecule has 0 radical (unpaired) electrons. The summed E-state index contributed by atoms with van der Waals surface area (Å²) >= 11 is 0. The van der Waals surface area contributed by atoms with Gasteiger partial charge in [-0.15, -0.1) is 0 Å². The maximum absolute atomic E-state index is 12.8. The molecule has 0 unspecified atom stereocenters. The highest BCUT2D eigenvalue weighted by Crippen LogP contribution is 2.18. The molecule has 0 spiro atoms. The van der Waals surface area contributed by atoms with E-state index in [1.54, 1.807) is 0 Å². The number of ether oxygens (including phenoxy) is 3. The predicted octanol–water partition coefficient (Wildman–Crippen LogP) is 18.6. The standard InChI is InChI=1S/C57H110O6/c1-5-7-9-11-13-15-17-19-20-21-25-29-33-37-41-45-49-56(59)62-52-54(51-61-55(58)48-44-40-36-32-28-18-16-14-12-10-8-6-2)63-57(60)50-46-42-38-34-30-26-23-22-24-27-31-35-39-43-47-53(3)4/h53-54H,5-52H2,1-4H3/t54-/m0/s1. The van der Waals surface area contributed by atoms with Crippen LogP contribution in [0.1, 0.15) is 323 Å². The molecule has 6 heteroatoms. The van der Waals surface area contributed by atoms with Crippen molar-refractivity contribution in [1.82, 2.24) is 0 Å². The normalized spacial score (nSPS) is 12.0. The van der Waals surface area contributed by atoms with Gasteiger partial charge in [-0.3, -0.25) is 14.4 Å². The predicted molar refractivity (Wildman–Crippen MR) is 270 cm³/mol. The first-order valence-electron chi connectivity index (χ1n) is 28.4. The molecule has 0 aliphatic carbocycles. The fourth-order valence-corrected chi connectivity index (χ4v) is 8.75. The molecular weight excluding hydrogens is 781 g/mol. The number of hydrogen-bond acceptors (Lipinski definition) is 6. The summed E-state index contributed by atoms with van der Waals surface area (Å²) in [6, 6.07) is 0. The van der Waals surface area contributed by atoms with Gasteiger partial charge in [0.1, 0.15) is 13.2 Å². The molecule has 0 aromatic carbocycles.